The van der Waals surface area contributed by atoms with Crippen molar-refractivity contribution in [2.45, 2.75) is 25.5 Å². The van der Waals surface area contributed by atoms with Gasteiger partial charge >= 0.3 is 0 Å². The molecule has 2 amide bonds. The Kier molecular flexibility index (Phi) is 5.37. The van der Waals surface area contributed by atoms with E-state index in [2.05, 4.69) is 10.6 Å². The number of rotatable bonds is 5. The molecule has 0 spiro atoms. The maximum atomic E-state index is 12.1. The predicted octanol–water partition coefficient (Wildman–Crippen LogP) is -1.04. The lowest BCUT2D eigenvalue weighted by atomic mass is 10.1. The van der Waals surface area contributed by atoms with E-state index in [0.717, 1.165) is 0 Å². The Bertz CT molecular complexity index is 283. The summed E-state index contributed by atoms with van der Waals surface area (Å²) in [4.78, 5) is 24.9. The van der Waals surface area contributed by atoms with Gasteiger partial charge in [0, 0.05) is 27.2 Å². The van der Waals surface area contributed by atoms with Crippen LogP contribution in [0.5, 0.6) is 0 Å². The molecule has 1 aliphatic rings. The van der Waals surface area contributed by atoms with Crippen LogP contribution in [0.4, 0.5) is 0 Å². The van der Waals surface area contributed by atoms with Gasteiger partial charge < -0.3 is 20.3 Å². The number of likely N-dealkylation sites (N-methyl/N-ethyl adjacent to an activating group) is 2. The molecule has 98 valence electrons. The fraction of sp³-hybridized carbons (Fsp3) is 0.818. The van der Waals surface area contributed by atoms with E-state index in [4.69, 9.17) is 4.74 Å². The number of carbonyl (C=O) groups is 2. The quantitative estimate of drug-likeness (QED) is 0.647. The molecule has 0 aromatic carbocycles. The zero-order chi connectivity index (χ0) is 12.8. The second-order valence-electron chi connectivity index (χ2n) is 4.08. The van der Waals surface area contributed by atoms with Gasteiger partial charge in [-0.05, 0) is 13.3 Å². The molecule has 0 saturated carbocycles. The van der Waals surface area contributed by atoms with Crippen molar-refractivity contribution in [3.8, 4) is 0 Å². The summed E-state index contributed by atoms with van der Waals surface area (Å²) in [5, 5.41) is 5.63. The highest BCUT2D eigenvalue weighted by Crippen LogP contribution is 2.12. The van der Waals surface area contributed by atoms with Gasteiger partial charge in [0.1, 0.15) is 0 Å². The summed E-state index contributed by atoms with van der Waals surface area (Å²) in [5.74, 6) is -0.183. The van der Waals surface area contributed by atoms with Crippen LogP contribution < -0.4 is 10.6 Å². The van der Waals surface area contributed by atoms with Crippen LogP contribution in [0.1, 0.15) is 13.3 Å². The van der Waals surface area contributed by atoms with Crippen molar-refractivity contribution in [2.24, 2.45) is 0 Å². The monoisotopic (exact) mass is 243 g/mol. The second kappa shape index (κ2) is 6.56. The van der Waals surface area contributed by atoms with Gasteiger partial charge in [-0.2, -0.15) is 0 Å². The minimum atomic E-state index is -0.232. The van der Waals surface area contributed by atoms with Crippen LogP contribution in [0.2, 0.25) is 0 Å². The van der Waals surface area contributed by atoms with Crippen molar-refractivity contribution < 1.29 is 14.3 Å². The minimum Gasteiger partial charge on any atom is -0.380 e. The van der Waals surface area contributed by atoms with Gasteiger partial charge in [0.15, 0.2) is 0 Å². The van der Waals surface area contributed by atoms with Crippen molar-refractivity contribution in [3.63, 3.8) is 0 Å². The zero-order valence-corrected chi connectivity index (χ0v) is 10.7. The van der Waals surface area contributed by atoms with E-state index in [1.54, 1.807) is 19.1 Å². The molecule has 2 unspecified atom stereocenters. The van der Waals surface area contributed by atoms with Gasteiger partial charge in [-0.1, -0.05) is 0 Å². The van der Waals surface area contributed by atoms with Crippen molar-refractivity contribution in [2.75, 3.05) is 33.8 Å². The Labute approximate surface area is 102 Å². The third-order valence-electron chi connectivity index (χ3n) is 3.03. The van der Waals surface area contributed by atoms with Crippen LogP contribution in [-0.2, 0) is 14.3 Å². The number of hydrogen-bond acceptors (Lipinski definition) is 4. The number of nitrogens with zero attached hydrogens (tertiary/aromatic N) is 1. The lowest BCUT2D eigenvalue weighted by Gasteiger charge is -2.23. The average Bonchev–Trinajstić information content (AvgIpc) is 2.83. The topological polar surface area (TPSA) is 70.7 Å². The average molecular weight is 243 g/mol. The first-order chi connectivity index (χ1) is 8.12. The van der Waals surface area contributed by atoms with Crippen LogP contribution in [-0.4, -0.2) is 62.7 Å². The summed E-state index contributed by atoms with van der Waals surface area (Å²) < 4.78 is 5.19. The standard InChI is InChI=1S/C11H21N3O3/c1-4-14(7-10(15)12-2)11(16)9-5-8(17-3)6-13-9/h8-9,13H,4-7H2,1-3H3,(H,12,15). The summed E-state index contributed by atoms with van der Waals surface area (Å²) in [6.07, 6.45) is 0.752. The number of methoxy groups -OCH3 is 1. The molecule has 1 saturated heterocycles. The Hall–Kier alpha value is -1.14. The number of ether oxygens (including phenoxy) is 1. The summed E-state index contributed by atoms with van der Waals surface area (Å²) in [6.45, 7) is 3.19. The molecule has 17 heavy (non-hydrogen) atoms. The zero-order valence-electron chi connectivity index (χ0n) is 10.7. The summed E-state index contributed by atoms with van der Waals surface area (Å²) >= 11 is 0. The third kappa shape index (κ3) is 3.67. The van der Waals surface area contributed by atoms with Crippen LogP contribution in [0.3, 0.4) is 0 Å². The molecule has 6 heteroatoms. The van der Waals surface area contributed by atoms with Gasteiger partial charge in [-0.3, -0.25) is 9.59 Å². The molecule has 0 aromatic rings. The Morgan fingerprint density at radius 2 is 2.24 bits per heavy atom. The molecule has 2 N–H and O–H groups in total. The summed E-state index contributed by atoms with van der Waals surface area (Å²) in [5.41, 5.74) is 0. The van der Waals surface area contributed by atoms with Gasteiger partial charge in [0.25, 0.3) is 0 Å². The molecular weight excluding hydrogens is 222 g/mol. The molecule has 0 bridgehead atoms. The van der Waals surface area contributed by atoms with Crippen molar-refractivity contribution >= 4 is 11.8 Å². The Morgan fingerprint density at radius 3 is 2.71 bits per heavy atom. The molecule has 0 aliphatic carbocycles. The molecular formula is C11H21N3O3. The van der Waals surface area contributed by atoms with Gasteiger partial charge in [-0.15, -0.1) is 0 Å². The summed E-state index contributed by atoms with van der Waals surface area (Å²) in [6, 6.07) is -0.232. The van der Waals surface area contributed by atoms with E-state index in [9.17, 15) is 9.59 Å². The molecule has 0 aromatic heterocycles. The van der Waals surface area contributed by atoms with Gasteiger partial charge in [-0.25, -0.2) is 0 Å². The normalized spacial score (nSPS) is 23.5. The van der Waals surface area contributed by atoms with Gasteiger partial charge in [0.2, 0.25) is 11.8 Å². The van der Waals surface area contributed by atoms with Crippen molar-refractivity contribution in [1.82, 2.24) is 15.5 Å². The van der Waals surface area contributed by atoms with E-state index in [1.165, 1.54) is 0 Å². The summed E-state index contributed by atoms with van der Waals surface area (Å²) in [7, 11) is 3.21. The van der Waals surface area contributed by atoms with Gasteiger partial charge in [0.05, 0.1) is 18.7 Å². The van der Waals surface area contributed by atoms with Crippen molar-refractivity contribution in [1.29, 1.82) is 0 Å². The van der Waals surface area contributed by atoms with Crippen LogP contribution in [0.15, 0.2) is 0 Å². The highest BCUT2D eigenvalue weighted by molar-refractivity contribution is 5.87. The molecule has 1 aliphatic heterocycles. The Balaban J connectivity index is 2.52. The predicted molar refractivity (Wildman–Crippen MR) is 63.5 cm³/mol. The SMILES string of the molecule is CCN(CC(=O)NC)C(=O)C1CC(OC)CN1. The first-order valence-corrected chi connectivity index (χ1v) is 5.87. The molecule has 6 nitrogen and oxygen atoms in total. The number of nitrogens with one attached hydrogen (secondary N) is 2. The van der Waals surface area contributed by atoms with E-state index < -0.39 is 0 Å². The Morgan fingerprint density at radius 1 is 1.53 bits per heavy atom. The number of hydrogen-bond donors (Lipinski definition) is 2. The maximum Gasteiger partial charge on any atom is 0.240 e. The first kappa shape index (κ1) is 13.9. The fourth-order valence-corrected chi connectivity index (χ4v) is 1.89. The second-order valence-corrected chi connectivity index (χ2v) is 4.08. The van der Waals surface area contributed by atoms with Crippen molar-refractivity contribution in [3.05, 3.63) is 0 Å². The lowest BCUT2D eigenvalue weighted by molar-refractivity contribution is -0.137. The number of carbonyl (C=O) groups excluding carboxylic acids is 2. The minimum absolute atomic E-state index is 0.0318. The lowest BCUT2D eigenvalue weighted by Crippen LogP contribution is -2.47. The molecule has 1 heterocycles. The molecule has 1 rings (SSSR count). The maximum absolute atomic E-state index is 12.1. The largest absolute Gasteiger partial charge is 0.380 e. The third-order valence-corrected chi connectivity index (χ3v) is 3.03. The van der Waals surface area contributed by atoms with Crippen LogP contribution in [0, 0.1) is 0 Å². The van der Waals surface area contributed by atoms with Crippen LogP contribution in [0.25, 0.3) is 0 Å². The first-order valence-electron chi connectivity index (χ1n) is 5.87. The highest BCUT2D eigenvalue weighted by Gasteiger charge is 2.32. The number of amides is 2. The van der Waals surface area contributed by atoms with Crippen LogP contribution >= 0.6 is 0 Å². The molecule has 2 atom stereocenters. The fourth-order valence-electron chi connectivity index (χ4n) is 1.89. The smallest absolute Gasteiger partial charge is 0.240 e. The molecule has 1 fully saturated rings. The van der Waals surface area contributed by atoms with E-state index >= 15 is 0 Å². The van der Waals surface area contributed by atoms with E-state index in [1.807, 2.05) is 6.92 Å². The van der Waals surface area contributed by atoms with E-state index in [0.29, 0.717) is 19.5 Å². The molecule has 0 radical (unpaired) electrons. The van der Waals surface area contributed by atoms with E-state index in [-0.39, 0.29) is 30.5 Å². The highest BCUT2D eigenvalue weighted by atomic mass is 16.5.